The number of nitrogens with zero attached hydrogens (tertiary/aromatic N) is 1. The lowest BCUT2D eigenvalue weighted by atomic mass is 10.0. The van der Waals surface area contributed by atoms with Gasteiger partial charge in [-0.1, -0.05) is 19.8 Å². The molecule has 0 fully saturated rings. The number of nitrogens with two attached hydrogens (primary N) is 1. The predicted molar refractivity (Wildman–Crippen MR) is 63.1 cm³/mol. The molecule has 1 heterocycles. The van der Waals surface area contributed by atoms with Crippen LogP contribution in [0.5, 0.6) is 0 Å². The van der Waals surface area contributed by atoms with Gasteiger partial charge >= 0.3 is 0 Å². The van der Waals surface area contributed by atoms with Crippen LogP contribution in [0.1, 0.15) is 31.7 Å². The Balaban J connectivity index is 2.43. The molecule has 2 N–H and O–H groups in total. The van der Waals surface area contributed by atoms with Gasteiger partial charge in [0.15, 0.2) is 0 Å². The zero-order chi connectivity index (χ0) is 10.4. The Hall–Kier alpha value is -0.410. The van der Waals surface area contributed by atoms with Crippen molar-refractivity contribution >= 4 is 15.9 Å². The first kappa shape index (κ1) is 11.7. The molecule has 1 aromatic heterocycles. The van der Waals surface area contributed by atoms with Gasteiger partial charge in [0.25, 0.3) is 0 Å². The highest BCUT2D eigenvalue weighted by Gasteiger charge is 2.03. The second-order valence-electron chi connectivity index (χ2n) is 3.62. The van der Waals surface area contributed by atoms with Crippen molar-refractivity contribution in [2.45, 2.75) is 38.6 Å². The number of hydrogen-bond donors (Lipinski definition) is 1. The van der Waals surface area contributed by atoms with E-state index in [1.54, 1.807) is 6.20 Å². The summed E-state index contributed by atoms with van der Waals surface area (Å²) in [5.74, 6) is 0. The molecule has 0 aromatic carbocycles. The fraction of sp³-hybridized carbons (Fsp3) is 0.545. The Labute approximate surface area is 94.0 Å². The molecule has 0 saturated carbocycles. The second-order valence-corrected chi connectivity index (χ2v) is 4.53. The Morgan fingerprint density at radius 3 is 2.93 bits per heavy atom. The highest BCUT2D eigenvalue weighted by atomic mass is 79.9. The smallest absolute Gasteiger partial charge is 0.0410 e. The van der Waals surface area contributed by atoms with Crippen molar-refractivity contribution in [3.8, 4) is 0 Å². The normalized spacial score (nSPS) is 12.8. The number of unbranched alkanes of at least 4 members (excludes halogenated alkanes) is 1. The Morgan fingerprint density at radius 2 is 2.29 bits per heavy atom. The molecular weight excluding hydrogens is 240 g/mol. The van der Waals surface area contributed by atoms with Crippen molar-refractivity contribution in [1.82, 2.24) is 4.98 Å². The molecule has 0 aliphatic rings. The van der Waals surface area contributed by atoms with Gasteiger partial charge in [-0.2, -0.15) is 0 Å². The highest BCUT2D eigenvalue weighted by molar-refractivity contribution is 9.10. The molecule has 0 amide bonds. The van der Waals surface area contributed by atoms with Crippen LogP contribution in [0.25, 0.3) is 0 Å². The summed E-state index contributed by atoms with van der Waals surface area (Å²) in [4.78, 5) is 4.12. The molecule has 1 atom stereocenters. The molecule has 0 radical (unpaired) electrons. The molecule has 2 nitrogen and oxygen atoms in total. The minimum absolute atomic E-state index is 0.269. The summed E-state index contributed by atoms with van der Waals surface area (Å²) < 4.78 is 1.03. The third-order valence-corrected chi connectivity index (χ3v) is 2.62. The number of hydrogen-bond acceptors (Lipinski definition) is 2. The van der Waals surface area contributed by atoms with Gasteiger partial charge in [0.05, 0.1) is 0 Å². The van der Waals surface area contributed by atoms with Crippen LogP contribution in [0.3, 0.4) is 0 Å². The van der Waals surface area contributed by atoms with Crippen molar-refractivity contribution in [3.63, 3.8) is 0 Å². The first-order valence-electron chi connectivity index (χ1n) is 5.07. The molecule has 78 valence electrons. The van der Waals surface area contributed by atoms with Gasteiger partial charge in [-0.15, -0.1) is 0 Å². The van der Waals surface area contributed by atoms with Crippen LogP contribution in [-0.2, 0) is 6.42 Å². The van der Waals surface area contributed by atoms with E-state index in [-0.39, 0.29) is 6.04 Å². The van der Waals surface area contributed by atoms with Crippen LogP contribution in [0.2, 0.25) is 0 Å². The molecule has 1 unspecified atom stereocenters. The molecule has 3 heteroatoms. The van der Waals surface area contributed by atoms with Crippen molar-refractivity contribution in [1.29, 1.82) is 0 Å². The van der Waals surface area contributed by atoms with E-state index in [2.05, 4.69) is 33.9 Å². The Kier molecular flexibility index (Phi) is 5.12. The van der Waals surface area contributed by atoms with E-state index >= 15 is 0 Å². The monoisotopic (exact) mass is 256 g/mol. The van der Waals surface area contributed by atoms with Gasteiger partial charge in [0.1, 0.15) is 0 Å². The largest absolute Gasteiger partial charge is 0.327 e. The van der Waals surface area contributed by atoms with E-state index in [4.69, 9.17) is 5.73 Å². The van der Waals surface area contributed by atoms with Gasteiger partial charge in [-0.25, -0.2) is 0 Å². The first-order chi connectivity index (χ1) is 6.72. The summed E-state index contributed by atoms with van der Waals surface area (Å²) in [5, 5.41) is 0. The van der Waals surface area contributed by atoms with E-state index < -0.39 is 0 Å². The number of rotatable bonds is 5. The zero-order valence-electron chi connectivity index (χ0n) is 8.54. The highest BCUT2D eigenvalue weighted by Crippen LogP contribution is 2.12. The van der Waals surface area contributed by atoms with E-state index in [1.807, 2.05) is 6.20 Å². The summed E-state index contributed by atoms with van der Waals surface area (Å²) >= 11 is 3.40. The maximum atomic E-state index is 6.00. The topological polar surface area (TPSA) is 38.9 Å². The lowest BCUT2D eigenvalue weighted by molar-refractivity contribution is 0.573. The van der Waals surface area contributed by atoms with Gasteiger partial charge in [0.2, 0.25) is 0 Å². The molecule has 1 rings (SSSR count). The van der Waals surface area contributed by atoms with Crippen molar-refractivity contribution in [2.24, 2.45) is 5.73 Å². The van der Waals surface area contributed by atoms with Crippen LogP contribution < -0.4 is 5.73 Å². The summed E-state index contributed by atoms with van der Waals surface area (Å²) in [7, 11) is 0. The Morgan fingerprint density at radius 1 is 1.50 bits per heavy atom. The predicted octanol–water partition coefficient (Wildman–Crippen LogP) is 2.90. The quantitative estimate of drug-likeness (QED) is 0.880. The van der Waals surface area contributed by atoms with Crippen molar-refractivity contribution in [3.05, 3.63) is 28.5 Å². The molecule has 0 aliphatic carbocycles. The number of pyridine rings is 1. The van der Waals surface area contributed by atoms with E-state index in [0.29, 0.717) is 0 Å². The minimum Gasteiger partial charge on any atom is -0.327 e. The van der Waals surface area contributed by atoms with Crippen molar-refractivity contribution in [2.75, 3.05) is 0 Å². The average Bonchev–Trinajstić information content (AvgIpc) is 2.15. The molecule has 0 saturated heterocycles. The fourth-order valence-electron chi connectivity index (χ4n) is 1.44. The van der Waals surface area contributed by atoms with Crippen LogP contribution in [0.15, 0.2) is 22.9 Å². The fourth-order valence-corrected chi connectivity index (χ4v) is 1.85. The molecular formula is C11H17BrN2. The third-order valence-electron chi connectivity index (χ3n) is 2.19. The van der Waals surface area contributed by atoms with Crippen molar-refractivity contribution < 1.29 is 0 Å². The van der Waals surface area contributed by atoms with Crippen LogP contribution in [-0.4, -0.2) is 11.0 Å². The van der Waals surface area contributed by atoms with Gasteiger partial charge < -0.3 is 5.73 Å². The maximum absolute atomic E-state index is 6.00. The van der Waals surface area contributed by atoms with E-state index in [0.717, 1.165) is 17.3 Å². The maximum Gasteiger partial charge on any atom is 0.0410 e. The standard InChI is InChI=1S/C11H17BrN2/c1-2-3-4-11(13)6-9-5-10(12)8-14-7-9/h5,7-8,11H,2-4,6,13H2,1H3. The Bertz CT molecular complexity index is 276. The average molecular weight is 257 g/mol. The summed E-state index contributed by atoms with van der Waals surface area (Å²) in [6.07, 6.45) is 8.13. The van der Waals surface area contributed by atoms with E-state index in [9.17, 15) is 0 Å². The second kappa shape index (κ2) is 6.14. The summed E-state index contributed by atoms with van der Waals surface area (Å²) in [6, 6.07) is 2.35. The SMILES string of the molecule is CCCCC(N)Cc1cncc(Br)c1. The zero-order valence-corrected chi connectivity index (χ0v) is 10.1. The van der Waals surface area contributed by atoms with Gasteiger partial charge in [-0.05, 0) is 40.4 Å². The lowest BCUT2D eigenvalue weighted by Gasteiger charge is -2.10. The molecule has 0 bridgehead atoms. The van der Waals surface area contributed by atoms with Gasteiger partial charge in [0, 0.05) is 22.9 Å². The summed E-state index contributed by atoms with van der Waals surface area (Å²) in [5.41, 5.74) is 7.21. The van der Waals surface area contributed by atoms with Crippen LogP contribution in [0, 0.1) is 0 Å². The number of halogens is 1. The van der Waals surface area contributed by atoms with Crippen LogP contribution in [0.4, 0.5) is 0 Å². The number of aromatic nitrogens is 1. The van der Waals surface area contributed by atoms with Gasteiger partial charge in [-0.3, -0.25) is 4.98 Å². The molecule has 14 heavy (non-hydrogen) atoms. The lowest BCUT2D eigenvalue weighted by Crippen LogP contribution is -2.22. The molecule has 0 spiro atoms. The third kappa shape index (κ3) is 4.20. The van der Waals surface area contributed by atoms with E-state index in [1.165, 1.54) is 18.4 Å². The minimum atomic E-state index is 0.269. The summed E-state index contributed by atoms with van der Waals surface area (Å²) in [6.45, 7) is 2.19. The molecule has 0 aliphatic heterocycles. The molecule has 1 aromatic rings. The van der Waals surface area contributed by atoms with Crippen LogP contribution >= 0.6 is 15.9 Å². The first-order valence-corrected chi connectivity index (χ1v) is 5.86.